The van der Waals surface area contributed by atoms with E-state index in [0.717, 1.165) is 25.1 Å². The highest BCUT2D eigenvalue weighted by molar-refractivity contribution is 5.26. The molecule has 2 unspecified atom stereocenters. The Balaban J connectivity index is 2.21. The summed E-state index contributed by atoms with van der Waals surface area (Å²) in [6.45, 7) is 3.52. The molecule has 0 amide bonds. The van der Waals surface area contributed by atoms with Crippen LogP contribution in [0.15, 0.2) is 18.2 Å². The van der Waals surface area contributed by atoms with E-state index in [0.29, 0.717) is 17.5 Å². The van der Waals surface area contributed by atoms with E-state index in [1.54, 1.807) is 13.0 Å². The van der Waals surface area contributed by atoms with Crippen LogP contribution in [0.4, 0.5) is 4.39 Å². The van der Waals surface area contributed by atoms with Crippen molar-refractivity contribution in [3.05, 3.63) is 35.1 Å². The maximum absolute atomic E-state index is 13.5. The Morgan fingerprint density at radius 1 is 1.50 bits per heavy atom. The second kappa shape index (κ2) is 4.52. The molecule has 1 aliphatic heterocycles. The molecule has 1 fully saturated rings. The molecule has 0 bridgehead atoms. The molecule has 0 saturated carbocycles. The first-order valence-electron chi connectivity index (χ1n) is 5.78. The van der Waals surface area contributed by atoms with Gasteiger partial charge in [-0.1, -0.05) is 12.1 Å². The van der Waals surface area contributed by atoms with E-state index >= 15 is 0 Å². The van der Waals surface area contributed by atoms with E-state index in [-0.39, 0.29) is 5.82 Å². The summed E-state index contributed by atoms with van der Waals surface area (Å²) in [7, 11) is 2.08. The number of nitrogens with two attached hydrogens (primary N) is 1. The Bertz CT molecular complexity index is 378. The second-order valence-electron chi connectivity index (χ2n) is 4.80. The number of hydrogen-bond donors (Lipinski definition) is 1. The van der Waals surface area contributed by atoms with Gasteiger partial charge in [0.15, 0.2) is 0 Å². The lowest BCUT2D eigenvalue weighted by Crippen LogP contribution is -2.20. The van der Waals surface area contributed by atoms with Gasteiger partial charge in [0, 0.05) is 12.6 Å². The van der Waals surface area contributed by atoms with Gasteiger partial charge in [0.1, 0.15) is 5.82 Å². The summed E-state index contributed by atoms with van der Waals surface area (Å²) in [5.74, 6) is 0.432. The van der Waals surface area contributed by atoms with E-state index < -0.39 is 0 Å². The molecule has 1 aromatic rings. The van der Waals surface area contributed by atoms with Gasteiger partial charge >= 0.3 is 0 Å². The monoisotopic (exact) mass is 222 g/mol. The van der Waals surface area contributed by atoms with E-state index in [4.69, 9.17) is 5.73 Å². The number of halogens is 1. The molecule has 2 atom stereocenters. The van der Waals surface area contributed by atoms with Crippen LogP contribution in [0.3, 0.4) is 0 Å². The minimum atomic E-state index is -0.109. The molecule has 1 aromatic carbocycles. The molecule has 16 heavy (non-hydrogen) atoms. The normalized spacial score (nSPS) is 26.2. The highest BCUT2D eigenvalue weighted by Gasteiger charge is 2.29. The van der Waals surface area contributed by atoms with E-state index in [1.165, 1.54) is 0 Å². The summed E-state index contributed by atoms with van der Waals surface area (Å²) in [6.07, 6.45) is 1.04. The van der Waals surface area contributed by atoms with Gasteiger partial charge in [-0.15, -0.1) is 0 Å². The van der Waals surface area contributed by atoms with Crippen LogP contribution in [0.25, 0.3) is 0 Å². The van der Waals surface area contributed by atoms with Crippen LogP contribution in [-0.2, 0) is 0 Å². The highest BCUT2D eigenvalue weighted by Crippen LogP contribution is 2.34. The van der Waals surface area contributed by atoms with Gasteiger partial charge in [-0.25, -0.2) is 4.39 Å². The standard InChI is InChI=1S/C13H19FN2/c1-9-3-4-11(6-12(9)14)13-5-10(7-15)8-16(13)2/h3-4,6,10,13H,5,7-8,15H2,1-2H3. The molecule has 88 valence electrons. The van der Waals surface area contributed by atoms with E-state index in [9.17, 15) is 4.39 Å². The lowest BCUT2D eigenvalue weighted by molar-refractivity contribution is 0.313. The Labute approximate surface area is 96.2 Å². The van der Waals surface area contributed by atoms with Crippen LogP contribution in [0.1, 0.15) is 23.6 Å². The summed E-state index contributed by atoms with van der Waals surface area (Å²) in [4.78, 5) is 2.27. The van der Waals surface area contributed by atoms with E-state index in [1.807, 2.05) is 12.1 Å². The van der Waals surface area contributed by atoms with E-state index in [2.05, 4.69) is 11.9 Å². The second-order valence-corrected chi connectivity index (χ2v) is 4.80. The number of rotatable bonds is 2. The summed E-state index contributed by atoms with van der Waals surface area (Å²) in [5.41, 5.74) is 7.47. The van der Waals surface area contributed by atoms with Crippen molar-refractivity contribution in [1.82, 2.24) is 4.90 Å². The Morgan fingerprint density at radius 2 is 2.25 bits per heavy atom. The first-order valence-corrected chi connectivity index (χ1v) is 5.78. The number of benzene rings is 1. The zero-order chi connectivity index (χ0) is 11.7. The molecular weight excluding hydrogens is 203 g/mol. The molecular formula is C13H19FN2. The third-order valence-electron chi connectivity index (χ3n) is 3.55. The molecule has 0 spiro atoms. The van der Waals surface area contributed by atoms with Gasteiger partial charge < -0.3 is 5.73 Å². The highest BCUT2D eigenvalue weighted by atomic mass is 19.1. The van der Waals surface area contributed by atoms with Crippen molar-refractivity contribution in [1.29, 1.82) is 0 Å². The molecule has 2 N–H and O–H groups in total. The fourth-order valence-electron chi connectivity index (χ4n) is 2.48. The van der Waals surface area contributed by atoms with Crippen molar-refractivity contribution < 1.29 is 4.39 Å². The fraction of sp³-hybridized carbons (Fsp3) is 0.538. The van der Waals surface area contributed by atoms with Crippen LogP contribution >= 0.6 is 0 Å². The number of aryl methyl sites for hydroxylation is 1. The lowest BCUT2D eigenvalue weighted by atomic mass is 9.99. The van der Waals surface area contributed by atoms with Gasteiger partial charge in [-0.2, -0.15) is 0 Å². The van der Waals surface area contributed by atoms with Crippen molar-refractivity contribution in [2.75, 3.05) is 20.1 Å². The average Bonchev–Trinajstić information content (AvgIpc) is 2.64. The van der Waals surface area contributed by atoms with Crippen molar-refractivity contribution in [3.8, 4) is 0 Å². The predicted octanol–water partition coefficient (Wildman–Crippen LogP) is 2.09. The maximum Gasteiger partial charge on any atom is 0.126 e. The molecule has 1 saturated heterocycles. The van der Waals surface area contributed by atoms with Crippen molar-refractivity contribution in [3.63, 3.8) is 0 Å². The molecule has 1 aliphatic rings. The summed E-state index contributed by atoms with van der Waals surface area (Å²) < 4.78 is 13.5. The largest absolute Gasteiger partial charge is 0.330 e. The predicted molar refractivity (Wildman–Crippen MR) is 63.7 cm³/mol. The molecule has 0 aliphatic carbocycles. The SMILES string of the molecule is Cc1ccc(C2CC(CN)CN2C)cc1F. The molecule has 2 nitrogen and oxygen atoms in total. The lowest BCUT2D eigenvalue weighted by Gasteiger charge is -2.19. The van der Waals surface area contributed by atoms with Gasteiger partial charge in [0.2, 0.25) is 0 Å². The first kappa shape index (κ1) is 11.6. The topological polar surface area (TPSA) is 29.3 Å². The Morgan fingerprint density at radius 3 is 2.81 bits per heavy atom. The molecule has 0 aromatic heterocycles. The minimum Gasteiger partial charge on any atom is -0.330 e. The fourth-order valence-corrected chi connectivity index (χ4v) is 2.48. The van der Waals surface area contributed by atoms with Gasteiger partial charge in [-0.3, -0.25) is 4.90 Å². The van der Waals surface area contributed by atoms with Crippen LogP contribution in [0.5, 0.6) is 0 Å². The third kappa shape index (κ3) is 2.11. The zero-order valence-corrected chi connectivity index (χ0v) is 9.91. The zero-order valence-electron chi connectivity index (χ0n) is 9.91. The van der Waals surface area contributed by atoms with Gasteiger partial charge in [0.25, 0.3) is 0 Å². The Kier molecular flexibility index (Phi) is 3.26. The number of hydrogen-bond acceptors (Lipinski definition) is 2. The number of likely N-dealkylation sites (tertiary alicyclic amines) is 1. The smallest absolute Gasteiger partial charge is 0.126 e. The average molecular weight is 222 g/mol. The van der Waals surface area contributed by atoms with Crippen molar-refractivity contribution >= 4 is 0 Å². The molecule has 3 heteroatoms. The van der Waals surface area contributed by atoms with Crippen LogP contribution in [0.2, 0.25) is 0 Å². The van der Waals surface area contributed by atoms with Crippen LogP contribution in [0, 0.1) is 18.7 Å². The maximum atomic E-state index is 13.5. The van der Waals surface area contributed by atoms with Gasteiger partial charge in [-0.05, 0) is 50.0 Å². The quantitative estimate of drug-likeness (QED) is 0.830. The first-order chi connectivity index (χ1) is 7.61. The summed E-state index contributed by atoms with van der Waals surface area (Å²) >= 11 is 0. The van der Waals surface area contributed by atoms with Gasteiger partial charge in [0.05, 0.1) is 0 Å². The third-order valence-corrected chi connectivity index (χ3v) is 3.55. The Hall–Kier alpha value is -0.930. The molecule has 1 heterocycles. The molecule has 2 rings (SSSR count). The van der Waals surface area contributed by atoms with Crippen LogP contribution in [-0.4, -0.2) is 25.0 Å². The summed E-state index contributed by atoms with van der Waals surface area (Å²) in [5, 5.41) is 0. The summed E-state index contributed by atoms with van der Waals surface area (Å²) in [6, 6.07) is 5.87. The minimum absolute atomic E-state index is 0.109. The van der Waals surface area contributed by atoms with Crippen molar-refractivity contribution in [2.24, 2.45) is 11.7 Å². The van der Waals surface area contributed by atoms with Crippen molar-refractivity contribution in [2.45, 2.75) is 19.4 Å². The van der Waals surface area contributed by atoms with Crippen LogP contribution < -0.4 is 5.73 Å². The molecule has 0 radical (unpaired) electrons. The number of nitrogens with zero attached hydrogens (tertiary/aromatic N) is 1.